The Balaban J connectivity index is 1.96. The van der Waals surface area contributed by atoms with Crippen molar-refractivity contribution in [1.29, 1.82) is 0 Å². The molecule has 0 fully saturated rings. The lowest BCUT2D eigenvalue weighted by Gasteiger charge is -2.06. The van der Waals surface area contributed by atoms with E-state index in [0.717, 1.165) is 17.4 Å². The second-order valence-electron chi connectivity index (χ2n) is 5.18. The van der Waals surface area contributed by atoms with Crippen molar-refractivity contribution in [2.75, 3.05) is 16.3 Å². The van der Waals surface area contributed by atoms with Crippen LogP contribution in [0.3, 0.4) is 0 Å². The van der Waals surface area contributed by atoms with Crippen molar-refractivity contribution in [3.8, 4) is 0 Å². The Morgan fingerprint density at radius 1 is 0.957 bits per heavy atom. The smallest absolute Gasteiger partial charge is 0.248 e. The maximum Gasteiger partial charge on any atom is 0.248 e. The lowest BCUT2D eigenvalue weighted by Crippen LogP contribution is -2.10. The van der Waals surface area contributed by atoms with Crippen LogP contribution in [0.25, 0.3) is 6.08 Å². The van der Waals surface area contributed by atoms with Crippen LogP contribution in [-0.2, 0) is 14.8 Å². The van der Waals surface area contributed by atoms with Crippen LogP contribution < -0.4 is 10.0 Å². The summed E-state index contributed by atoms with van der Waals surface area (Å²) in [7, 11) is -3.30. The van der Waals surface area contributed by atoms with E-state index in [1.54, 1.807) is 30.3 Å². The second kappa shape index (κ2) is 7.11. The molecule has 5 nitrogen and oxygen atoms in total. The summed E-state index contributed by atoms with van der Waals surface area (Å²) < 4.78 is 24.6. The van der Waals surface area contributed by atoms with Crippen LogP contribution in [0.1, 0.15) is 11.1 Å². The molecule has 2 N–H and O–H groups in total. The van der Waals surface area contributed by atoms with Gasteiger partial charge < -0.3 is 5.32 Å². The zero-order valence-electron chi connectivity index (χ0n) is 12.9. The third kappa shape index (κ3) is 5.96. The molecule has 120 valence electrons. The van der Waals surface area contributed by atoms with Gasteiger partial charge in [-0.05, 0) is 42.8 Å². The Bertz CT molecular complexity index is 808. The highest BCUT2D eigenvalue weighted by Crippen LogP contribution is 2.14. The lowest BCUT2D eigenvalue weighted by atomic mass is 10.1. The minimum atomic E-state index is -3.30. The number of carbonyl (C=O) groups is 1. The zero-order chi connectivity index (χ0) is 16.9. The predicted octanol–water partition coefficient (Wildman–Crippen LogP) is 3.02. The molecule has 0 unspecified atom stereocenters. The number of carbonyl (C=O) groups excluding carboxylic acids is 1. The molecule has 0 atom stereocenters. The van der Waals surface area contributed by atoms with E-state index in [2.05, 4.69) is 10.0 Å². The molecule has 0 radical (unpaired) electrons. The van der Waals surface area contributed by atoms with Gasteiger partial charge in [0.05, 0.1) is 6.26 Å². The molecule has 0 aliphatic heterocycles. The molecule has 2 rings (SSSR count). The van der Waals surface area contributed by atoms with Crippen molar-refractivity contribution in [2.24, 2.45) is 0 Å². The van der Waals surface area contributed by atoms with Crippen LogP contribution in [0, 0.1) is 6.92 Å². The molecule has 0 aliphatic carbocycles. The van der Waals surface area contributed by atoms with Gasteiger partial charge in [-0.2, -0.15) is 0 Å². The predicted molar refractivity (Wildman–Crippen MR) is 93.8 cm³/mol. The normalized spacial score (nSPS) is 11.4. The van der Waals surface area contributed by atoms with Gasteiger partial charge in [0.2, 0.25) is 15.9 Å². The maximum atomic E-state index is 11.9. The van der Waals surface area contributed by atoms with Crippen LogP contribution in [-0.4, -0.2) is 20.6 Å². The molecular formula is C17H18N2O3S. The van der Waals surface area contributed by atoms with Crippen molar-refractivity contribution in [2.45, 2.75) is 6.92 Å². The summed E-state index contributed by atoms with van der Waals surface area (Å²) in [6.45, 7) is 2.00. The minimum Gasteiger partial charge on any atom is -0.323 e. The summed E-state index contributed by atoms with van der Waals surface area (Å²) in [6.07, 6.45) is 4.26. The lowest BCUT2D eigenvalue weighted by molar-refractivity contribution is -0.111. The van der Waals surface area contributed by atoms with Crippen LogP contribution in [0.5, 0.6) is 0 Å². The van der Waals surface area contributed by atoms with E-state index in [1.807, 2.05) is 31.2 Å². The Hall–Kier alpha value is -2.60. The summed E-state index contributed by atoms with van der Waals surface area (Å²) in [5.41, 5.74) is 3.14. The fourth-order valence-electron chi connectivity index (χ4n) is 1.87. The summed E-state index contributed by atoms with van der Waals surface area (Å²) in [5, 5.41) is 2.71. The molecular weight excluding hydrogens is 312 g/mol. The average Bonchev–Trinajstić information content (AvgIpc) is 2.47. The number of hydrogen-bond donors (Lipinski definition) is 2. The van der Waals surface area contributed by atoms with Crippen molar-refractivity contribution in [1.82, 2.24) is 0 Å². The van der Waals surface area contributed by atoms with Crippen LogP contribution in [0.4, 0.5) is 11.4 Å². The van der Waals surface area contributed by atoms with E-state index < -0.39 is 10.0 Å². The average molecular weight is 330 g/mol. The molecule has 0 aliphatic rings. The van der Waals surface area contributed by atoms with Crippen molar-refractivity contribution < 1.29 is 13.2 Å². The number of hydrogen-bond acceptors (Lipinski definition) is 3. The van der Waals surface area contributed by atoms with E-state index in [0.29, 0.717) is 11.4 Å². The first-order chi connectivity index (χ1) is 10.8. The van der Waals surface area contributed by atoms with E-state index >= 15 is 0 Å². The van der Waals surface area contributed by atoms with E-state index in [-0.39, 0.29) is 5.91 Å². The second-order valence-corrected chi connectivity index (χ2v) is 6.93. The number of anilines is 2. The van der Waals surface area contributed by atoms with Gasteiger partial charge in [-0.25, -0.2) is 8.42 Å². The minimum absolute atomic E-state index is 0.255. The quantitative estimate of drug-likeness (QED) is 0.828. The number of rotatable bonds is 5. The van der Waals surface area contributed by atoms with Crippen LogP contribution in [0.2, 0.25) is 0 Å². The Morgan fingerprint density at radius 2 is 1.52 bits per heavy atom. The summed E-state index contributed by atoms with van der Waals surface area (Å²) in [6, 6.07) is 14.3. The van der Waals surface area contributed by atoms with Gasteiger partial charge in [-0.1, -0.05) is 29.8 Å². The Morgan fingerprint density at radius 3 is 2.09 bits per heavy atom. The molecule has 2 aromatic rings. The highest BCUT2D eigenvalue weighted by Gasteiger charge is 2.02. The van der Waals surface area contributed by atoms with E-state index in [1.165, 1.54) is 6.08 Å². The number of nitrogens with one attached hydrogen (secondary N) is 2. The van der Waals surface area contributed by atoms with Gasteiger partial charge in [0, 0.05) is 17.5 Å². The third-order valence-corrected chi connectivity index (χ3v) is 3.57. The van der Waals surface area contributed by atoms with Gasteiger partial charge in [0.15, 0.2) is 0 Å². The summed E-state index contributed by atoms with van der Waals surface area (Å²) in [5.74, 6) is -0.255. The Kier molecular flexibility index (Phi) is 5.18. The fourth-order valence-corrected chi connectivity index (χ4v) is 2.43. The first-order valence-corrected chi connectivity index (χ1v) is 8.84. The van der Waals surface area contributed by atoms with E-state index in [9.17, 15) is 13.2 Å². The molecule has 0 saturated heterocycles. The first kappa shape index (κ1) is 16.8. The number of benzene rings is 2. The maximum absolute atomic E-state index is 11.9. The SMILES string of the molecule is Cc1ccc(/C=C/C(=O)Nc2ccc(NS(C)(=O)=O)cc2)cc1. The topological polar surface area (TPSA) is 75.3 Å². The van der Waals surface area contributed by atoms with Crippen molar-refractivity contribution in [3.63, 3.8) is 0 Å². The van der Waals surface area contributed by atoms with Crippen LogP contribution >= 0.6 is 0 Å². The highest BCUT2D eigenvalue weighted by atomic mass is 32.2. The van der Waals surface area contributed by atoms with Crippen molar-refractivity contribution >= 4 is 33.4 Å². The van der Waals surface area contributed by atoms with Gasteiger partial charge >= 0.3 is 0 Å². The number of amides is 1. The monoisotopic (exact) mass is 330 g/mol. The standard InChI is InChI=1S/C17H18N2O3S/c1-13-3-5-14(6-4-13)7-12-17(20)18-15-8-10-16(11-9-15)19-23(2,21)22/h3-12,19H,1-2H3,(H,18,20)/b12-7+. The molecule has 0 spiro atoms. The third-order valence-electron chi connectivity index (χ3n) is 2.96. The Labute approximate surface area is 136 Å². The molecule has 23 heavy (non-hydrogen) atoms. The molecule has 0 saturated carbocycles. The largest absolute Gasteiger partial charge is 0.323 e. The van der Waals surface area contributed by atoms with Gasteiger partial charge in [0.25, 0.3) is 0 Å². The number of aryl methyl sites for hydroxylation is 1. The molecule has 2 aromatic carbocycles. The van der Waals surface area contributed by atoms with Crippen molar-refractivity contribution in [3.05, 3.63) is 65.7 Å². The number of sulfonamides is 1. The van der Waals surface area contributed by atoms with Gasteiger partial charge in [-0.15, -0.1) is 0 Å². The van der Waals surface area contributed by atoms with Gasteiger partial charge in [0.1, 0.15) is 0 Å². The highest BCUT2D eigenvalue weighted by molar-refractivity contribution is 7.92. The molecule has 6 heteroatoms. The zero-order valence-corrected chi connectivity index (χ0v) is 13.7. The van der Waals surface area contributed by atoms with E-state index in [4.69, 9.17) is 0 Å². The molecule has 0 heterocycles. The van der Waals surface area contributed by atoms with Crippen LogP contribution in [0.15, 0.2) is 54.6 Å². The fraction of sp³-hybridized carbons (Fsp3) is 0.118. The molecule has 0 bridgehead atoms. The first-order valence-electron chi connectivity index (χ1n) is 6.95. The van der Waals surface area contributed by atoms with Gasteiger partial charge in [-0.3, -0.25) is 9.52 Å². The summed E-state index contributed by atoms with van der Waals surface area (Å²) >= 11 is 0. The summed E-state index contributed by atoms with van der Waals surface area (Å²) in [4.78, 5) is 11.9. The molecule has 1 amide bonds. The molecule has 0 aromatic heterocycles.